The predicted molar refractivity (Wildman–Crippen MR) is 59.7 cm³/mol. The van der Waals surface area contributed by atoms with Gasteiger partial charge in [0, 0.05) is 31.1 Å². The monoisotopic (exact) mass is 206 g/mol. The molecule has 1 aliphatic heterocycles. The van der Waals surface area contributed by atoms with Crippen LogP contribution in [0.5, 0.6) is 0 Å². The Bertz CT molecular complexity index is 291. The van der Waals surface area contributed by atoms with E-state index in [-0.39, 0.29) is 0 Å². The molecule has 1 saturated heterocycles. The van der Waals surface area contributed by atoms with Crippen molar-refractivity contribution in [3.63, 3.8) is 0 Å². The molecule has 0 aromatic carbocycles. The third kappa shape index (κ3) is 3.29. The van der Waals surface area contributed by atoms with E-state index in [1.165, 1.54) is 18.4 Å². The number of aryl methyl sites for hydroxylation is 1. The summed E-state index contributed by atoms with van der Waals surface area (Å²) in [7, 11) is 0. The summed E-state index contributed by atoms with van der Waals surface area (Å²) < 4.78 is 5.41. The van der Waals surface area contributed by atoms with Crippen molar-refractivity contribution in [2.24, 2.45) is 0 Å². The number of hydrogen-bond acceptors (Lipinski definition) is 3. The maximum atomic E-state index is 5.41. The van der Waals surface area contributed by atoms with Gasteiger partial charge in [-0.3, -0.25) is 4.98 Å². The first-order valence-corrected chi connectivity index (χ1v) is 5.57. The number of nitrogens with one attached hydrogen (secondary N) is 1. The van der Waals surface area contributed by atoms with E-state index in [0.717, 1.165) is 25.5 Å². The van der Waals surface area contributed by atoms with Gasteiger partial charge in [0.05, 0.1) is 6.61 Å². The van der Waals surface area contributed by atoms with Crippen LogP contribution in [0.4, 0.5) is 0 Å². The first-order chi connectivity index (χ1) is 7.34. The highest BCUT2D eigenvalue weighted by molar-refractivity contribution is 5.12. The lowest BCUT2D eigenvalue weighted by Gasteiger charge is -2.23. The number of hydrogen-bond donors (Lipinski definition) is 1. The molecule has 3 nitrogen and oxygen atoms in total. The minimum Gasteiger partial charge on any atom is -0.380 e. The van der Waals surface area contributed by atoms with Gasteiger partial charge in [-0.05, 0) is 31.4 Å². The van der Waals surface area contributed by atoms with E-state index >= 15 is 0 Å². The zero-order chi connectivity index (χ0) is 10.5. The van der Waals surface area contributed by atoms with Crippen LogP contribution in [0.15, 0.2) is 18.3 Å². The van der Waals surface area contributed by atoms with Crippen molar-refractivity contribution in [2.45, 2.75) is 32.4 Å². The molecule has 0 saturated carbocycles. The second kappa shape index (κ2) is 5.24. The summed E-state index contributed by atoms with van der Waals surface area (Å²) in [4.78, 5) is 4.27. The van der Waals surface area contributed by atoms with Crippen molar-refractivity contribution in [3.05, 3.63) is 29.6 Å². The van der Waals surface area contributed by atoms with Gasteiger partial charge in [-0.2, -0.15) is 0 Å². The molecule has 2 heterocycles. The van der Waals surface area contributed by atoms with Gasteiger partial charge in [-0.25, -0.2) is 0 Å². The van der Waals surface area contributed by atoms with Gasteiger partial charge in [-0.15, -0.1) is 0 Å². The van der Waals surface area contributed by atoms with E-state index in [9.17, 15) is 0 Å². The molecule has 3 heteroatoms. The van der Waals surface area contributed by atoms with Crippen LogP contribution in [0.3, 0.4) is 0 Å². The molecule has 1 aromatic heterocycles. The van der Waals surface area contributed by atoms with Crippen LogP contribution >= 0.6 is 0 Å². The van der Waals surface area contributed by atoms with Crippen LogP contribution in [-0.4, -0.2) is 24.2 Å². The smallest absolute Gasteiger partial charge is 0.0619 e. The molecule has 1 fully saturated rings. The van der Waals surface area contributed by atoms with Crippen LogP contribution in [0.2, 0.25) is 0 Å². The summed E-state index contributed by atoms with van der Waals surface area (Å²) in [6.45, 7) is 4.66. The van der Waals surface area contributed by atoms with E-state index in [0.29, 0.717) is 6.04 Å². The first kappa shape index (κ1) is 10.6. The SMILES string of the molecule is Cc1ccc(CNC2CCCOC2)cn1. The first-order valence-electron chi connectivity index (χ1n) is 5.57. The Morgan fingerprint density at radius 3 is 3.13 bits per heavy atom. The highest BCUT2D eigenvalue weighted by atomic mass is 16.5. The van der Waals surface area contributed by atoms with Crippen LogP contribution in [0.1, 0.15) is 24.1 Å². The molecule has 1 aliphatic rings. The Morgan fingerprint density at radius 2 is 2.47 bits per heavy atom. The summed E-state index contributed by atoms with van der Waals surface area (Å²) in [5.41, 5.74) is 2.31. The van der Waals surface area contributed by atoms with Crippen LogP contribution < -0.4 is 5.32 Å². The fraction of sp³-hybridized carbons (Fsp3) is 0.583. The molecule has 1 N–H and O–H groups in total. The predicted octanol–water partition coefficient (Wildman–Crippen LogP) is 1.66. The lowest BCUT2D eigenvalue weighted by Crippen LogP contribution is -2.36. The van der Waals surface area contributed by atoms with Crippen LogP contribution in [0, 0.1) is 6.92 Å². The number of nitrogens with zero attached hydrogens (tertiary/aromatic N) is 1. The topological polar surface area (TPSA) is 34.1 Å². The second-order valence-corrected chi connectivity index (χ2v) is 4.10. The van der Waals surface area contributed by atoms with Crippen molar-refractivity contribution < 1.29 is 4.74 Å². The van der Waals surface area contributed by atoms with Gasteiger partial charge >= 0.3 is 0 Å². The third-order valence-electron chi connectivity index (χ3n) is 2.73. The standard InChI is InChI=1S/C12H18N2O/c1-10-4-5-11(7-13-10)8-14-12-3-2-6-15-9-12/h4-5,7,12,14H,2-3,6,8-9H2,1H3. The number of ether oxygens (including phenoxy) is 1. The van der Waals surface area contributed by atoms with Crippen molar-refractivity contribution in [3.8, 4) is 0 Å². The van der Waals surface area contributed by atoms with Crippen molar-refractivity contribution in [1.29, 1.82) is 0 Å². The van der Waals surface area contributed by atoms with Crippen LogP contribution in [-0.2, 0) is 11.3 Å². The minimum atomic E-state index is 0.514. The lowest BCUT2D eigenvalue weighted by atomic mass is 10.1. The van der Waals surface area contributed by atoms with E-state index in [1.807, 2.05) is 19.2 Å². The van der Waals surface area contributed by atoms with E-state index < -0.39 is 0 Å². The van der Waals surface area contributed by atoms with Gasteiger partial charge in [0.15, 0.2) is 0 Å². The summed E-state index contributed by atoms with van der Waals surface area (Å²) in [6, 6.07) is 4.69. The Hall–Kier alpha value is -0.930. The Balaban J connectivity index is 1.79. The van der Waals surface area contributed by atoms with Gasteiger partial charge in [-0.1, -0.05) is 6.07 Å². The minimum absolute atomic E-state index is 0.514. The molecule has 1 atom stereocenters. The Labute approximate surface area is 90.9 Å². The fourth-order valence-electron chi connectivity index (χ4n) is 1.77. The van der Waals surface area contributed by atoms with E-state index in [4.69, 9.17) is 4.74 Å². The third-order valence-corrected chi connectivity index (χ3v) is 2.73. The quantitative estimate of drug-likeness (QED) is 0.816. The molecular weight excluding hydrogens is 188 g/mol. The average molecular weight is 206 g/mol. The molecular formula is C12H18N2O. The number of aromatic nitrogens is 1. The highest BCUT2D eigenvalue weighted by Crippen LogP contribution is 2.07. The average Bonchev–Trinajstić information content (AvgIpc) is 2.30. The molecule has 0 spiro atoms. The summed E-state index contributed by atoms with van der Waals surface area (Å²) in [5, 5.41) is 3.49. The summed E-state index contributed by atoms with van der Waals surface area (Å²) in [6.07, 6.45) is 4.33. The highest BCUT2D eigenvalue weighted by Gasteiger charge is 2.12. The fourth-order valence-corrected chi connectivity index (χ4v) is 1.77. The largest absolute Gasteiger partial charge is 0.380 e. The van der Waals surface area contributed by atoms with E-state index in [1.54, 1.807) is 0 Å². The lowest BCUT2D eigenvalue weighted by molar-refractivity contribution is 0.0699. The second-order valence-electron chi connectivity index (χ2n) is 4.10. The van der Waals surface area contributed by atoms with Gasteiger partial charge in [0.1, 0.15) is 0 Å². The number of pyridine rings is 1. The molecule has 0 amide bonds. The van der Waals surface area contributed by atoms with Gasteiger partial charge < -0.3 is 10.1 Å². The zero-order valence-electron chi connectivity index (χ0n) is 9.20. The Morgan fingerprint density at radius 1 is 1.53 bits per heavy atom. The van der Waals surface area contributed by atoms with Crippen LogP contribution in [0.25, 0.3) is 0 Å². The molecule has 0 aliphatic carbocycles. The molecule has 82 valence electrons. The molecule has 2 rings (SSSR count). The Kier molecular flexibility index (Phi) is 3.69. The van der Waals surface area contributed by atoms with Gasteiger partial charge in [0.2, 0.25) is 0 Å². The molecule has 0 bridgehead atoms. The summed E-state index contributed by atoms with van der Waals surface area (Å²) in [5.74, 6) is 0. The maximum absolute atomic E-state index is 5.41. The van der Waals surface area contributed by atoms with E-state index in [2.05, 4.69) is 16.4 Å². The molecule has 15 heavy (non-hydrogen) atoms. The zero-order valence-corrected chi connectivity index (χ0v) is 9.20. The normalized spacial score (nSPS) is 21.5. The maximum Gasteiger partial charge on any atom is 0.0619 e. The van der Waals surface area contributed by atoms with Crippen molar-refractivity contribution in [1.82, 2.24) is 10.3 Å². The molecule has 0 radical (unpaired) electrons. The van der Waals surface area contributed by atoms with Gasteiger partial charge in [0.25, 0.3) is 0 Å². The molecule has 1 unspecified atom stereocenters. The molecule has 1 aromatic rings. The summed E-state index contributed by atoms with van der Waals surface area (Å²) >= 11 is 0. The van der Waals surface area contributed by atoms with Crippen molar-refractivity contribution >= 4 is 0 Å². The van der Waals surface area contributed by atoms with Crippen molar-refractivity contribution in [2.75, 3.05) is 13.2 Å². The number of rotatable bonds is 3.